The minimum absolute atomic E-state index is 0.0287. The number of nitrogens with zero attached hydrogens (tertiary/aromatic N) is 1. The highest BCUT2D eigenvalue weighted by Crippen LogP contribution is 2.40. The van der Waals surface area contributed by atoms with Crippen LogP contribution in [0.4, 0.5) is 0 Å². The molecule has 1 aliphatic rings. The van der Waals surface area contributed by atoms with Crippen LogP contribution in [0.5, 0.6) is 5.75 Å². The van der Waals surface area contributed by atoms with Crippen molar-refractivity contribution >= 4 is 11.7 Å². The van der Waals surface area contributed by atoms with Gasteiger partial charge in [-0.25, -0.2) is 0 Å². The number of ketones is 1. The van der Waals surface area contributed by atoms with E-state index in [1.54, 1.807) is 12.0 Å². The second-order valence-corrected chi connectivity index (χ2v) is 10.2. The van der Waals surface area contributed by atoms with E-state index in [9.17, 15) is 14.7 Å². The van der Waals surface area contributed by atoms with Gasteiger partial charge in [0.1, 0.15) is 5.75 Å². The first-order chi connectivity index (χ1) is 17.2. The first-order valence-electron chi connectivity index (χ1n) is 12.2. The van der Waals surface area contributed by atoms with Crippen molar-refractivity contribution in [2.75, 3.05) is 7.11 Å². The summed E-state index contributed by atoms with van der Waals surface area (Å²) >= 11 is 0. The fourth-order valence-corrected chi connectivity index (χ4v) is 4.58. The molecular formula is C31H33NO4. The van der Waals surface area contributed by atoms with E-state index in [-0.39, 0.29) is 29.7 Å². The van der Waals surface area contributed by atoms with Crippen molar-refractivity contribution in [3.05, 3.63) is 112 Å². The van der Waals surface area contributed by atoms with Crippen LogP contribution in [0.1, 0.15) is 55.5 Å². The molecule has 3 aromatic rings. The quantitative estimate of drug-likeness (QED) is 0.421. The van der Waals surface area contributed by atoms with E-state index in [0.717, 1.165) is 28.0 Å². The van der Waals surface area contributed by atoms with Gasteiger partial charge >= 0.3 is 0 Å². The molecule has 0 bridgehead atoms. The van der Waals surface area contributed by atoms with Crippen LogP contribution in [0.15, 0.2) is 90.2 Å². The molecular weight excluding hydrogens is 450 g/mol. The van der Waals surface area contributed by atoms with Gasteiger partial charge in [0.05, 0.1) is 18.7 Å². The number of rotatable bonds is 8. The number of hydrogen-bond donors (Lipinski definition) is 1. The molecule has 5 heteroatoms. The van der Waals surface area contributed by atoms with E-state index in [1.165, 1.54) is 0 Å². The van der Waals surface area contributed by atoms with Crippen LogP contribution in [0, 0.1) is 0 Å². The number of carbonyl (C=O) groups is 2. The Morgan fingerprint density at radius 1 is 0.917 bits per heavy atom. The Bertz CT molecular complexity index is 1250. The van der Waals surface area contributed by atoms with Gasteiger partial charge in [-0.05, 0) is 46.2 Å². The normalized spacial score (nSPS) is 15.9. The van der Waals surface area contributed by atoms with Gasteiger partial charge in [-0.15, -0.1) is 0 Å². The van der Waals surface area contributed by atoms with Gasteiger partial charge in [0, 0.05) is 13.0 Å². The Kier molecular flexibility index (Phi) is 7.30. The monoisotopic (exact) mass is 483 g/mol. The Balaban J connectivity index is 1.67. The van der Waals surface area contributed by atoms with Crippen molar-refractivity contribution < 1.29 is 19.4 Å². The van der Waals surface area contributed by atoms with Crippen molar-refractivity contribution in [3.63, 3.8) is 0 Å². The van der Waals surface area contributed by atoms with Crippen LogP contribution < -0.4 is 4.74 Å². The predicted molar refractivity (Wildman–Crippen MR) is 141 cm³/mol. The molecule has 36 heavy (non-hydrogen) atoms. The van der Waals surface area contributed by atoms with Crippen LogP contribution in [0.3, 0.4) is 0 Å². The lowest BCUT2D eigenvalue weighted by Gasteiger charge is -2.28. The summed E-state index contributed by atoms with van der Waals surface area (Å²) in [6, 6.07) is 24.5. The predicted octanol–water partition coefficient (Wildman–Crippen LogP) is 6.09. The smallest absolute Gasteiger partial charge is 0.290 e. The molecule has 1 unspecified atom stereocenters. The zero-order chi connectivity index (χ0) is 25.9. The van der Waals surface area contributed by atoms with Gasteiger partial charge in [-0.2, -0.15) is 0 Å². The first kappa shape index (κ1) is 25.2. The number of benzene rings is 3. The molecule has 186 valence electrons. The van der Waals surface area contributed by atoms with E-state index in [4.69, 9.17) is 4.74 Å². The lowest BCUT2D eigenvalue weighted by atomic mass is 9.85. The average molecular weight is 484 g/mol. The molecule has 3 aromatic carbocycles. The lowest BCUT2D eigenvalue weighted by molar-refractivity contribution is -0.130. The van der Waals surface area contributed by atoms with Gasteiger partial charge in [-0.1, -0.05) is 87.5 Å². The summed E-state index contributed by atoms with van der Waals surface area (Å²) in [5.41, 5.74) is 4.02. The van der Waals surface area contributed by atoms with Crippen LogP contribution in [0.2, 0.25) is 0 Å². The standard InChI is InChI=1S/C31H33NO4/c1-31(2,3)24-15-13-23(14-16-24)28-27(26(33)19-12-21-8-6-5-7-9-21)29(34)30(35)32(28)20-22-10-17-25(36-4)18-11-22/h5-11,13-18,28,34H,12,19-20H2,1-4H3. The van der Waals surface area contributed by atoms with Crippen LogP contribution in [0.25, 0.3) is 0 Å². The molecule has 1 heterocycles. The number of ether oxygens (including phenoxy) is 1. The number of aryl methyl sites for hydroxylation is 1. The summed E-state index contributed by atoms with van der Waals surface area (Å²) in [4.78, 5) is 28.3. The minimum atomic E-state index is -0.656. The molecule has 4 rings (SSSR count). The van der Waals surface area contributed by atoms with E-state index >= 15 is 0 Å². The van der Waals surface area contributed by atoms with E-state index in [1.807, 2.05) is 78.9 Å². The summed E-state index contributed by atoms with van der Waals surface area (Å²) in [6.45, 7) is 6.68. The number of amides is 1. The maximum atomic E-state index is 13.5. The average Bonchev–Trinajstić information content (AvgIpc) is 3.13. The summed E-state index contributed by atoms with van der Waals surface area (Å²) in [5, 5.41) is 10.9. The van der Waals surface area contributed by atoms with Gasteiger partial charge < -0.3 is 14.7 Å². The number of carbonyl (C=O) groups excluding carboxylic acids is 2. The fraction of sp³-hybridized carbons (Fsp3) is 0.290. The fourth-order valence-electron chi connectivity index (χ4n) is 4.58. The highest BCUT2D eigenvalue weighted by atomic mass is 16.5. The van der Waals surface area contributed by atoms with Crippen molar-refractivity contribution in [2.24, 2.45) is 0 Å². The summed E-state index contributed by atoms with van der Waals surface area (Å²) in [7, 11) is 1.60. The van der Waals surface area contributed by atoms with Gasteiger partial charge in [0.2, 0.25) is 0 Å². The minimum Gasteiger partial charge on any atom is -0.503 e. The zero-order valence-corrected chi connectivity index (χ0v) is 21.3. The largest absolute Gasteiger partial charge is 0.503 e. The van der Waals surface area contributed by atoms with Crippen LogP contribution >= 0.6 is 0 Å². The molecule has 0 aliphatic carbocycles. The maximum absolute atomic E-state index is 13.5. The van der Waals surface area contributed by atoms with E-state index < -0.39 is 17.7 Å². The number of aliphatic hydroxyl groups excluding tert-OH is 1. The number of aliphatic hydroxyl groups is 1. The Labute approximate surface area is 213 Å². The third kappa shape index (κ3) is 5.35. The molecule has 0 spiro atoms. The molecule has 0 aromatic heterocycles. The van der Waals surface area contributed by atoms with Crippen LogP contribution in [-0.4, -0.2) is 28.8 Å². The van der Waals surface area contributed by atoms with Crippen molar-refractivity contribution in [1.82, 2.24) is 4.90 Å². The third-order valence-electron chi connectivity index (χ3n) is 6.69. The molecule has 0 radical (unpaired) electrons. The van der Waals surface area contributed by atoms with Crippen molar-refractivity contribution in [1.29, 1.82) is 0 Å². The van der Waals surface area contributed by atoms with Gasteiger partial charge in [-0.3, -0.25) is 9.59 Å². The topological polar surface area (TPSA) is 66.8 Å². The number of Topliss-reactive ketones (excluding diaryl/α,β-unsaturated/α-hetero) is 1. The van der Waals surface area contributed by atoms with Gasteiger partial charge in [0.25, 0.3) is 5.91 Å². The Hall–Kier alpha value is -3.86. The van der Waals surface area contributed by atoms with E-state index in [0.29, 0.717) is 6.42 Å². The molecule has 0 saturated carbocycles. The molecule has 1 atom stereocenters. The molecule has 1 N–H and O–H groups in total. The highest BCUT2D eigenvalue weighted by Gasteiger charge is 2.43. The third-order valence-corrected chi connectivity index (χ3v) is 6.69. The second-order valence-electron chi connectivity index (χ2n) is 10.2. The Morgan fingerprint density at radius 2 is 1.56 bits per heavy atom. The second kappa shape index (κ2) is 10.4. The molecule has 0 saturated heterocycles. The van der Waals surface area contributed by atoms with Crippen molar-refractivity contribution in [3.8, 4) is 5.75 Å². The maximum Gasteiger partial charge on any atom is 0.290 e. The summed E-state index contributed by atoms with van der Waals surface area (Å²) in [6.07, 6.45) is 0.752. The molecule has 1 aliphatic heterocycles. The lowest BCUT2D eigenvalue weighted by Crippen LogP contribution is -2.30. The Morgan fingerprint density at radius 3 is 2.14 bits per heavy atom. The zero-order valence-electron chi connectivity index (χ0n) is 21.3. The molecule has 0 fully saturated rings. The highest BCUT2D eigenvalue weighted by molar-refractivity contribution is 6.09. The van der Waals surface area contributed by atoms with Crippen molar-refractivity contribution in [2.45, 2.75) is 51.6 Å². The molecule has 5 nitrogen and oxygen atoms in total. The summed E-state index contributed by atoms with van der Waals surface area (Å²) in [5.74, 6) is -0.476. The first-order valence-corrected chi connectivity index (χ1v) is 12.2. The molecule has 1 amide bonds. The van der Waals surface area contributed by atoms with Gasteiger partial charge in [0.15, 0.2) is 11.5 Å². The number of methoxy groups -OCH3 is 1. The van der Waals surface area contributed by atoms with E-state index in [2.05, 4.69) is 20.8 Å². The van der Waals surface area contributed by atoms with Crippen LogP contribution in [-0.2, 0) is 28.0 Å². The summed E-state index contributed by atoms with van der Waals surface area (Å²) < 4.78 is 5.24. The number of hydrogen-bond acceptors (Lipinski definition) is 4. The SMILES string of the molecule is COc1ccc(CN2C(=O)C(O)=C(C(=O)CCc3ccccc3)C2c2ccc(C(C)(C)C)cc2)cc1.